The number of nitrogens with one attached hydrogen (secondary N) is 1. The summed E-state index contributed by atoms with van der Waals surface area (Å²) >= 11 is 4.85. The summed E-state index contributed by atoms with van der Waals surface area (Å²) in [6.07, 6.45) is 0. The summed E-state index contributed by atoms with van der Waals surface area (Å²) in [6.45, 7) is 0. The van der Waals surface area contributed by atoms with Gasteiger partial charge in [-0.1, -0.05) is 12.1 Å². The van der Waals surface area contributed by atoms with Crippen LogP contribution in [0.25, 0.3) is 0 Å². The molecule has 0 aliphatic rings. The molecule has 0 fully saturated rings. The van der Waals surface area contributed by atoms with E-state index in [2.05, 4.69) is 36.3 Å². The summed E-state index contributed by atoms with van der Waals surface area (Å²) in [5.41, 5.74) is 2.38. The van der Waals surface area contributed by atoms with E-state index < -0.39 is 0 Å². The molecule has 2 rings (SSSR count). The predicted molar refractivity (Wildman–Crippen MR) is 72.5 cm³/mol. The molecule has 1 aromatic heterocycles. The number of nitrogen functional groups attached to an aromatic ring is 1. The zero-order chi connectivity index (χ0) is 13.0. The molecule has 0 atom stereocenters. The van der Waals surface area contributed by atoms with Crippen LogP contribution in [0.2, 0.25) is 0 Å². The van der Waals surface area contributed by atoms with Gasteiger partial charge >= 0.3 is 6.01 Å². The van der Waals surface area contributed by atoms with Crippen LogP contribution in [-0.4, -0.2) is 22.1 Å². The van der Waals surface area contributed by atoms with Crippen molar-refractivity contribution in [2.75, 3.05) is 12.5 Å². The van der Waals surface area contributed by atoms with E-state index >= 15 is 0 Å². The quantitative estimate of drug-likeness (QED) is 0.656. The average molecular weight is 328 g/mol. The summed E-state index contributed by atoms with van der Waals surface area (Å²) in [5, 5.41) is 0.502. The second kappa shape index (κ2) is 5.98. The van der Waals surface area contributed by atoms with E-state index in [9.17, 15) is 0 Å². The first-order valence-corrected chi connectivity index (χ1v) is 6.53. The Labute approximate surface area is 116 Å². The maximum Gasteiger partial charge on any atom is 0.322 e. The molecule has 0 amide bonds. The number of methoxy groups -OCH3 is 1. The van der Waals surface area contributed by atoms with E-state index in [1.54, 1.807) is 0 Å². The van der Waals surface area contributed by atoms with Crippen LogP contribution in [0.3, 0.4) is 0 Å². The average Bonchev–Trinajstić information content (AvgIpc) is 2.41. The molecule has 94 valence electrons. The largest absolute Gasteiger partial charge is 0.467 e. The van der Waals surface area contributed by atoms with Crippen molar-refractivity contribution in [2.45, 2.75) is 10.1 Å². The second-order valence-corrected chi connectivity index (χ2v) is 4.97. The third-order valence-electron chi connectivity index (χ3n) is 1.94. The van der Waals surface area contributed by atoms with Crippen molar-refractivity contribution in [3.63, 3.8) is 0 Å². The molecule has 0 aliphatic heterocycles. The number of ether oxygens (including phenoxy) is 1. The number of hydrogen-bond acceptors (Lipinski definition) is 7. The van der Waals surface area contributed by atoms with E-state index in [1.807, 2.05) is 24.3 Å². The van der Waals surface area contributed by atoms with Crippen LogP contribution in [0, 0.1) is 0 Å². The first-order chi connectivity index (χ1) is 8.72. The van der Waals surface area contributed by atoms with Gasteiger partial charge in [-0.3, -0.25) is 5.43 Å². The fraction of sp³-hybridized carbons (Fsp3) is 0.100. The summed E-state index contributed by atoms with van der Waals surface area (Å²) in [6, 6.07) is 8.00. The molecule has 2 aromatic rings. The highest BCUT2D eigenvalue weighted by Gasteiger charge is 2.09. The van der Waals surface area contributed by atoms with Crippen LogP contribution >= 0.6 is 27.7 Å². The monoisotopic (exact) mass is 327 g/mol. The first kappa shape index (κ1) is 13.1. The second-order valence-electron chi connectivity index (χ2n) is 3.11. The highest BCUT2D eigenvalue weighted by Crippen LogP contribution is 2.31. The lowest BCUT2D eigenvalue weighted by molar-refractivity contribution is 0.373. The number of aromatic nitrogens is 3. The number of hydrogen-bond donors (Lipinski definition) is 2. The molecule has 3 N–H and O–H groups in total. The standard InChI is InChI=1S/C10H10BrN5OS/c1-17-9-13-8(16-12)14-10(15-9)18-7-5-3-2-4-6(7)11/h2-5H,12H2,1H3,(H,13,14,15,16). The van der Waals surface area contributed by atoms with E-state index in [0.29, 0.717) is 5.16 Å². The molecule has 18 heavy (non-hydrogen) atoms. The molecule has 8 heteroatoms. The zero-order valence-corrected chi connectivity index (χ0v) is 11.8. The minimum atomic E-state index is 0.215. The van der Waals surface area contributed by atoms with Gasteiger partial charge in [0.05, 0.1) is 7.11 Å². The molecule has 0 radical (unpaired) electrons. The Morgan fingerprint density at radius 2 is 2.06 bits per heavy atom. The van der Waals surface area contributed by atoms with Gasteiger partial charge in [0.1, 0.15) is 0 Å². The topological polar surface area (TPSA) is 86.0 Å². The third-order valence-corrected chi connectivity index (χ3v) is 3.84. The van der Waals surface area contributed by atoms with Crippen LogP contribution in [0.5, 0.6) is 6.01 Å². The maximum atomic E-state index is 5.29. The molecule has 0 saturated heterocycles. The normalized spacial score (nSPS) is 10.2. The Balaban J connectivity index is 2.31. The van der Waals surface area contributed by atoms with Crippen molar-refractivity contribution < 1.29 is 4.74 Å². The van der Waals surface area contributed by atoms with Gasteiger partial charge in [0, 0.05) is 9.37 Å². The van der Waals surface area contributed by atoms with Crippen LogP contribution in [0.1, 0.15) is 0 Å². The number of rotatable bonds is 4. The number of hydrazine groups is 1. The van der Waals surface area contributed by atoms with Gasteiger partial charge in [0.2, 0.25) is 11.1 Å². The minimum absolute atomic E-state index is 0.215. The van der Waals surface area contributed by atoms with Crippen LogP contribution in [0.4, 0.5) is 5.95 Å². The lowest BCUT2D eigenvalue weighted by Crippen LogP contribution is -2.12. The van der Waals surface area contributed by atoms with E-state index in [-0.39, 0.29) is 12.0 Å². The fourth-order valence-corrected chi connectivity index (χ4v) is 2.46. The smallest absolute Gasteiger partial charge is 0.322 e. The Bertz CT molecular complexity index is 531. The van der Waals surface area contributed by atoms with Crippen LogP contribution in [-0.2, 0) is 0 Å². The van der Waals surface area contributed by atoms with Crippen LogP contribution < -0.4 is 16.0 Å². The number of benzene rings is 1. The van der Waals surface area contributed by atoms with Crippen LogP contribution in [0.15, 0.2) is 38.8 Å². The van der Waals surface area contributed by atoms with Crippen molar-refractivity contribution in [1.29, 1.82) is 0 Å². The lowest BCUT2D eigenvalue weighted by atomic mass is 10.4. The molecule has 0 unspecified atom stereocenters. The molecular formula is C10H10BrN5OS. The van der Waals surface area contributed by atoms with Crippen molar-refractivity contribution >= 4 is 33.6 Å². The van der Waals surface area contributed by atoms with Crippen molar-refractivity contribution in [2.24, 2.45) is 5.84 Å². The summed E-state index contributed by atoms with van der Waals surface area (Å²) < 4.78 is 5.95. The van der Waals surface area contributed by atoms with E-state index in [0.717, 1.165) is 9.37 Å². The summed E-state index contributed by atoms with van der Waals surface area (Å²) in [7, 11) is 1.49. The van der Waals surface area contributed by atoms with Crippen molar-refractivity contribution in [3.8, 4) is 6.01 Å². The number of nitrogens with two attached hydrogens (primary N) is 1. The van der Waals surface area contributed by atoms with Crippen molar-refractivity contribution in [3.05, 3.63) is 28.7 Å². The molecule has 6 nitrogen and oxygen atoms in total. The molecule has 1 aromatic carbocycles. The molecule has 0 spiro atoms. The highest BCUT2D eigenvalue weighted by molar-refractivity contribution is 9.10. The van der Waals surface area contributed by atoms with Gasteiger partial charge in [0.15, 0.2) is 0 Å². The molecule has 0 saturated carbocycles. The highest BCUT2D eigenvalue weighted by atomic mass is 79.9. The SMILES string of the molecule is COc1nc(NN)nc(Sc2ccccc2Br)n1. The molecular weight excluding hydrogens is 318 g/mol. The lowest BCUT2D eigenvalue weighted by Gasteiger charge is -2.06. The number of halogens is 1. The zero-order valence-electron chi connectivity index (χ0n) is 9.42. The molecule has 0 bridgehead atoms. The minimum Gasteiger partial charge on any atom is -0.467 e. The van der Waals surface area contributed by atoms with Gasteiger partial charge in [-0.25, -0.2) is 5.84 Å². The summed E-state index contributed by atoms with van der Waals surface area (Å²) in [5.74, 6) is 5.55. The third kappa shape index (κ3) is 3.09. The fourth-order valence-electron chi connectivity index (χ4n) is 1.17. The van der Waals surface area contributed by atoms with Gasteiger partial charge in [-0.2, -0.15) is 15.0 Å². The Morgan fingerprint density at radius 3 is 2.72 bits per heavy atom. The van der Waals surface area contributed by atoms with E-state index in [4.69, 9.17) is 10.6 Å². The Morgan fingerprint density at radius 1 is 1.28 bits per heavy atom. The van der Waals surface area contributed by atoms with Crippen molar-refractivity contribution in [1.82, 2.24) is 15.0 Å². The number of nitrogens with zero attached hydrogens (tertiary/aromatic N) is 3. The number of anilines is 1. The van der Waals surface area contributed by atoms with Gasteiger partial charge < -0.3 is 4.74 Å². The van der Waals surface area contributed by atoms with E-state index in [1.165, 1.54) is 18.9 Å². The van der Waals surface area contributed by atoms with Gasteiger partial charge in [-0.15, -0.1) is 0 Å². The van der Waals surface area contributed by atoms with Gasteiger partial charge in [0.25, 0.3) is 0 Å². The molecule has 0 aliphatic carbocycles. The maximum absolute atomic E-state index is 5.29. The molecule has 1 heterocycles. The predicted octanol–water partition coefficient (Wildman–Crippen LogP) is 2.08. The Hall–Kier alpha value is -1.38. The van der Waals surface area contributed by atoms with Gasteiger partial charge in [-0.05, 0) is 39.8 Å². The first-order valence-electron chi connectivity index (χ1n) is 4.92. The Kier molecular flexibility index (Phi) is 4.34. The summed E-state index contributed by atoms with van der Waals surface area (Å²) in [4.78, 5) is 13.2.